The van der Waals surface area contributed by atoms with Crippen molar-refractivity contribution in [2.45, 2.75) is 6.54 Å². The second-order valence-electron chi connectivity index (χ2n) is 4.89. The molecule has 6 nitrogen and oxygen atoms in total. The first-order valence-electron chi connectivity index (χ1n) is 6.22. The first-order chi connectivity index (χ1) is 8.72. The zero-order chi connectivity index (χ0) is 12.5. The molecule has 0 aromatic carbocycles. The number of hydrogen-bond donors (Lipinski definition) is 1. The van der Waals surface area contributed by atoms with Crippen LogP contribution < -0.4 is 5.73 Å². The van der Waals surface area contributed by atoms with E-state index in [1.807, 2.05) is 22.7 Å². The number of aromatic nitrogens is 3. The number of hydrogen-bond acceptors (Lipinski definition) is 5. The van der Waals surface area contributed by atoms with Crippen LogP contribution in [0.15, 0.2) is 18.3 Å². The Morgan fingerprint density at radius 3 is 2.72 bits per heavy atom. The summed E-state index contributed by atoms with van der Waals surface area (Å²) in [6, 6.07) is 3.75. The molecule has 6 heteroatoms. The number of fused-ring (bicyclic) bond motifs is 1. The molecule has 0 spiro atoms. The molecule has 1 aliphatic heterocycles. The van der Waals surface area contributed by atoms with E-state index in [0.717, 1.165) is 49.9 Å². The molecule has 0 amide bonds. The highest BCUT2D eigenvalue weighted by atomic mass is 15.3. The largest absolute Gasteiger partial charge is 0.398 e. The summed E-state index contributed by atoms with van der Waals surface area (Å²) in [6.07, 6.45) is 1.89. The van der Waals surface area contributed by atoms with E-state index < -0.39 is 0 Å². The number of nitrogen functional groups attached to an aromatic ring is 1. The van der Waals surface area contributed by atoms with Gasteiger partial charge in [-0.3, -0.25) is 9.30 Å². The number of anilines is 1. The molecular formula is C12H18N6. The predicted octanol–water partition coefficient (Wildman–Crippen LogP) is 0.0589. The summed E-state index contributed by atoms with van der Waals surface area (Å²) in [5.74, 6) is 0.960. The molecular weight excluding hydrogens is 228 g/mol. The van der Waals surface area contributed by atoms with Crippen LogP contribution in [0.1, 0.15) is 5.82 Å². The lowest BCUT2D eigenvalue weighted by Gasteiger charge is -2.31. The SMILES string of the molecule is CN1CCN(Cc2nnc3ccc(N)cn23)CC1. The molecule has 0 atom stereocenters. The predicted molar refractivity (Wildman–Crippen MR) is 70.2 cm³/mol. The highest BCUT2D eigenvalue weighted by molar-refractivity contribution is 5.47. The molecule has 2 aromatic heterocycles. The van der Waals surface area contributed by atoms with Crippen LogP contribution in [0.4, 0.5) is 5.69 Å². The van der Waals surface area contributed by atoms with Gasteiger partial charge in [0.1, 0.15) is 0 Å². The van der Waals surface area contributed by atoms with Gasteiger partial charge in [0.25, 0.3) is 0 Å². The third-order valence-electron chi connectivity index (χ3n) is 3.46. The third kappa shape index (κ3) is 2.16. The molecule has 0 radical (unpaired) electrons. The molecule has 0 aliphatic carbocycles. The summed E-state index contributed by atoms with van der Waals surface area (Å²) in [4.78, 5) is 4.75. The van der Waals surface area contributed by atoms with Crippen LogP contribution in [0, 0.1) is 0 Å². The molecule has 1 saturated heterocycles. The summed E-state index contributed by atoms with van der Waals surface area (Å²) in [5.41, 5.74) is 7.40. The van der Waals surface area contributed by atoms with Gasteiger partial charge in [-0.05, 0) is 19.2 Å². The van der Waals surface area contributed by atoms with Gasteiger partial charge >= 0.3 is 0 Å². The van der Waals surface area contributed by atoms with Crippen molar-refractivity contribution in [3.05, 3.63) is 24.2 Å². The van der Waals surface area contributed by atoms with Gasteiger partial charge in [0.15, 0.2) is 11.5 Å². The highest BCUT2D eigenvalue weighted by Gasteiger charge is 2.16. The van der Waals surface area contributed by atoms with Crippen LogP contribution in [-0.4, -0.2) is 57.6 Å². The molecule has 3 heterocycles. The van der Waals surface area contributed by atoms with Crippen LogP contribution in [0.25, 0.3) is 5.65 Å². The normalized spacial score (nSPS) is 18.5. The van der Waals surface area contributed by atoms with Crippen molar-refractivity contribution >= 4 is 11.3 Å². The minimum absolute atomic E-state index is 0.738. The molecule has 0 saturated carbocycles. The maximum atomic E-state index is 5.81. The topological polar surface area (TPSA) is 62.7 Å². The molecule has 0 unspecified atom stereocenters. The zero-order valence-corrected chi connectivity index (χ0v) is 10.6. The van der Waals surface area contributed by atoms with E-state index in [0.29, 0.717) is 0 Å². The van der Waals surface area contributed by atoms with Crippen LogP contribution in [0.5, 0.6) is 0 Å². The maximum Gasteiger partial charge on any atom is 0.160 e. The fourth-order valence-electron chi connectivity index (χ4n) is 2.27. The Morgan fingerprint density at radius 1 is 1.17 bits per heavy atom. The smallest absolute Gasteiger partial charge is 0.160 e. The van der Waals surface area contributed by atoms with Crippen molar-refractivity contribution in [1.29, 1.82) is 0 Å². The molecule has 96 valence electrons. The molecule has 1 aliphatic rings. The van der Waals surface area contributed by atoms with Crippen molar-refractivity contribution in [3.63, 3.8) is 0 Å². The van der Waals surface area contributed by atoms with E-state index in [1.165, 1.54) is 0 Å². The van der Waals surface area contributed by atoms with Gasteiger partial charge in [-0.1, -0.05) is 0 Å². The summed E-state index contributed by atoms with van der Waals surface area (Å²) < 4.78 is 1.98. The summed E-state index contributed by atoms with van der Waals surface area (Å²) in [7, 11) is 2.16. The molecule has 2 N–H and O–H groups in total. The minimum Gasteiger partial charge on any atom is -0.398 e. The lowest BCUT2D eigenvalue weighted by atomic mass is 10.3. The van der Waals surface area contributed by atoms with Crippen LogP contribution in [-0.2, 0) is 6.54 Å². The standard InChI is InChI=1S/C12H18N6/c1-16-4-6-17(7-5-16)9-12-15-14-11-3-2-10(13)8-18(11)12/h2-3,8H,4-7,9,13H2,1H3. The van der Waals surface area contributed by atoms with Crippen LogP contribution in [0.3, 0.4) is 0 Å². The zero-order valence-electron chi connectivity index (χ0n) is 10.6. The Labute approximate surface area is 106 Å². The Bertz CT molecular complexity index is 540. The van der Waals surface area contributed by atoms with Crippen molar-refractivity contribution in [1.82, 2.24) is 24.4 Å². The summed E-state index contributed by atoms with van der Waals surface area (Å²) in [6.45, 7) is 5.21. The van der Waals surface area contributed by atoms with E-state index in [9.17, 15) is 0 Å². The van der Waals surface area contributed by atoms with Gasteiger partial charge in [0, 0.05) is 38.1 Å². The fraction of sp³-hybridized carbons (Fsp3) is 0.500. The average Bonchev–Trinajstić information content (AvgIpc) is 2.75. The van der Waals surface area contributed by atoms with Gasteiger partial charge in [0.2, 0.25) is 0 Å². The van der Waals surface area contributed by atoms with E-state index in [2.05, 4.69) is 27.0 Å². The number of likely N-dealkylation sites (N-methyl/N-ethyl adjacent to an activating group) is 1. The Hall–Kier alpha value is -1.66. The highest BCUT2D eigenvalue weighted by Crippen LogP contribution is 2.11. The van der Waals surface area contributed by atoms with Crippen molar-refractivity contribution in [2.24, 2.45) is 0 Å². The van der Waals surface area contributed by atoms with E-state index in [-0.39, 0.29) is 0 Å². The maximum absolute atomic E-state index is 5.81. The summed E-state index contributed by atoms with van der Waals surface area (Å²) in [5, 5.41) is 8.41. The van der Waals surface area contributed by atoms with Crippen LogP contribution in [0.2, 0.25) is 0 Å². The second-order valence-corrected chi connectivity index (χ2v) is 4.89. The molecule has 3 rings (SSSR count). The fourth-order valence-corrected chi connectivity index (χ4v) is 2.27. The minimum atomic E-state index is 0.738. The number of pyridine rings is 1. The monoisotopic (exact) mass is 246 g/mol. The number of piperazine rings is 1. The first-order valence-corrected chi connectivity index (χ1v) is 6.22. The Morgan fingerprint density at radius 2 is 1.94 bits per heavy atom. The molecule has 18 heavy (non-hydrogen) atoms. The Balaban J connectivity index is 1.80. The van der Waals surface area contributed by atoms with Crippen LogP contribution >= 0.6 is 0 Å². The van der Waals surface area contributed by atoms with Crippen molar-refractivity contribution < 1.29 is 0 Å². The Kier molecular flexibility index (Phi) is 2.89. The quantitative estimate of drug-likeness (QED) is 0.812. The van der Waals surface area contributed by atoms with E-state index in [1.54, 1.807) is 0 Å². The van der Waals surface area contributed by atoms with Gasteiger partial charge in [-0.15, -0.1) is 10.2 Å². The van der Waals surface area contributed by atoms with Crippen molar-refractivity contribution in [3.8, 4) is 0 Å². The molecule has 1 fully saturated rings. The lowest BCUT2D eigenvalue weighted by Crippen LogP contribution is -2.44. The third-order valence-corrected chi connectivity index (χ3v) is 3.46. The molecule has 0 bridgehead atoms. The van der Waals surface area contributed by atoms with Gasteiger partial charge in [0.05, 0.1) is 6.54 Å². The van der Waals surface area contributed by atoms with E-state index >= 15 is 0 Å². The second kappa shape index (κ2) is 4.55. The first kappa shape index (κ1) is 11.4. The molecule has 2 aromatic rings. The van der Waals surface area contributed by atoms with Crippen molar-refractivity contribution in [2.75, 3.05) is 39.0 Å². The van der Waals surface area contributed by atoms with Gasteiger partial charge in [-0.25, -0.2) is 0 Å². The summed E-state index contributed by atoms with van der Waals surface area (Å²) >= 11 is 0. The lowest BCUT2D eigenvalue weighted by molar-refractivity contribution is 0.145. The van der Waals surface area contributed by atoms with Gasteiger partial charge in [-0.2, -0.15) is 0 Å². The number of rotatable bonds is 2. The van der Waals surface area contributed by atoms with E-state index in [4.69, 9.17) is 5.73 Å². The van der Waals surface area contributed by atoms with Gasteiger partial charge < -0.3 is 10.6 Å². The average molecular weight is 246 g/mol. The number of nitrogens with two attached hydrogens (primary N) is 1. The number of nitrogens with zero attached hydrogens (tertiary/aromatic N) is 5.